The van der Waals surface area contributed by atoms with Crippen molar-refractivity contribution in [2.75, 3.05) is 13.6 Å². The first-order valence-electron chi connectivity index (χ1n) is 7.40. The molecule has 2 N–H and O–H groups in total. The zero-order valence-electron chi connectivity index (χ0n) is 12.3. The third kappa shape index (κ3) is 3.60. The quantitative estimate of drug-likeness (QED) is 0.892. The van der Waals surface area contributed by atoms with Crippen LogP contribution in [0.1, 0.15) is 44.2 Å². The number of rotatable bonds is 4. The molecule has 1 saturated carbocycles. The maximum absolute atomic E-state index is 14.2. The molecule has 1 fully saturated rings. The molecule has 1 aliphatic rings. The third-order valence-electron chi connectivity index (χ3n) is 4.60. The molecule has 2 rings (SSSR count). The number of halogens is 2. The lowest BCUT2D eigenvalue weighted by molar-refractivity contribution is 0.124. The van der Waals surface area contributed by atoms with Crippen molar-refractivity contribution in [2.24, 2.45) is 11.7 Å². The highest BCUT2D eigenvalue weighted by atomic mass is 79.9. The molecule has 0 amide bonds. The van der Waals surface area contributed by atoms with Gasteiger partial charge in [-0.2, -0.15) is 0 Å². The summed E-state index contributed by atoms with van der Waals surface area (Å²) in [5, 5.41) is 0. The van der Waals surface area contributed by atoms with E-state index in [0.717, 1.165) is 10.4 Å². The molecule has 0 radical (unpaired) electrons. The van der Waals surface area contributed by atoms with Crippen LogP contribution in [0.2, 0.25) is 0 Å². The van der Waals surface area contributed by atoms with Crippen LogP contribution >= 0.6 is 15.9 Å². The van der Waals surface area contributed by atoms with Crippen LogP contribution in [-0.4, -0.2) is 24.5 Å². The Kier molecular flexibility index (Phi) is 5.58. The fourth-order valence-corrected chi connectivity index (χ4v) is 3.52. The molecule has 0 aromatic heterocycles. The fourth-order valence-electron chi connectivity index (χ4n) is 3.19. The predicted octanol–water partition coefficient (Wildman–Crippen LogP) is 4.10. The number of likely N-dealkylation sites (N-methyl/N-ethyl adjacent to an activating group) is 1. The second-order valence-corrected chi connectivity index (χ2v) is 6.91. The van der Waals surface area contributed by atoms with Gasteiger partial charge in [-0.3, -0.25) is 4.90 Å². The number of nitrogens with zero attached hydrogens (tertiary/aromatic N) is 1. The Morgan fingerprint density at radius 3 is 2.55 bits per heavy atom. The van der Waals surface area contributed by atoms with E-state index in [0.29, 0.717) is 18.2 Å². The molecule has 20 heavy (non-hydrogen) atoms. The lowest BCUT2D eigenvalue weighted by Gasteiger charge is -2.38. The van der Waals surface area contributed by atoms with Crippen molar-refractivity contribution in [3.05, 3.63) is 34.1 Å². The van der Waals surface area contributed by atoms with Gasteiger partial charge in [0.1, 0.15) is 5.82 Å². The van der Waals surface area contributed by atoms with Gasteiger partial charge in [-0.25, -0.2) is 4.39 Å². The minimum Gasteiger partial charge on any atom is -0.329 e. The van der Waals surface area contributed by atoms with Crippen LogP contribution in [0.5, 0.6) is 0 Å². The maximum Gasteiger partial charge on any atom is 0.129 e. The number of hydrogen-bond donors (Lipinski definition) is 1. The van der Waals surface area contributed by atoms with E-state index in [2.05, 4.69) is 34.8 Å². The van der Waals surface area contributed by atoms with E-state index in [-0.39, 0.29) is 11.9 Å². The molecule has 0 heterocycles. The van der Waals surface area contributed by atoms with Crippen LogP contribution in [-0.2, 0) is 0 Å². The van der Waals surface area contributed by atoms with Gasteiger partial charge < -0.3 is 5.73 Å². The standard InChI is InChI=1S/C16H24BrFN2/c1-11-3-6-13(7-4-11)20(2)16(10-19)14-8-5-12(17)9-15(14)18/h5,8-9,11,13,16H,3-4,6-7,10,19H2,1-2H3. The van der Waals surface area contributed by atoms with Crippen molar-refractivity contribution in [3.63, 3.8) is 0 Å². The van der Waals surface area contributed by atoms with Gasteiger partial charge in [0.2, 0.25) is 0 Å². The van der Waals surface area contributed by atoms with E-state index in [1.54, 1.807) is 0 Å². The Hall–Kier alpha value is -0.450. The lowest BCUT2D eigenvalue weighted by Crippen LogP contribution is -2.40. The largest absolute Gasteiger partial charge is 0.329 e. The molecular formula is C16H24BrFN2. The number of nitrogens with two attached hydrogens (primary N) is 1. The minimum atomic E-state index is -0.175. The molecule has 0 bridgehead atoms. The Bertz CT molecular complexity index is 444. The highest BCUT2D eigenvalue weighted by Crippen LogP contribution is 2.32. The molecule has 1 unspecified atom stereocenters. The van der Waals surface area contributed by atoms with Gasteiger partial charge in [0.05, 0.1) is 0 Å². The molecule has 1 atom stereocenters. The van der Waals surface area contributed by atoms with Crippen LogP contribution in [0.25, 0.3) is 0 Å². The smallest absolute Gasteiger partial charge is 0.129 e. The Morgan fingerprint density at radius 2 is 2.00 bits per heavy atom. The second kappa shape index (κ2) is 7.01. The van der Waals surface area contributed by atoms with E-state index < -0.39 is 0 Å². The summed E-state index contributed by atoms with van der Waals surface area (Å²) >= 11 is 3.30. The van der Waals surface area contributed by atoms with E-state index in [4.69, 9.17) is 5.73 Å². The van der Waals surface area contributed by atoms with Crippen molar-refractivity contribution >= 4 is 15.9 Å². The first-order chi connectivity index (χ1) is 9.52. The molecule has 1 aliphatic carbocycles. The van der Waals surface area contributed by atoms with Gasteiger partial charge in [-0.1, -0.05) is 28.9 Å². The molecule has 1 aromatic rings. The van der Waals surface area contributed by atoms with E-state index in [1.807, 2.05) is 12.1 Å². The van der Waals surface area contributed by atoms with Gasteiger partial charge in [0.15, 0.2) is 0 Å². The van der Waals surface area contributed by atoms with Gasteiger partial charge in [-0.15, -0.1) is 0 Å². The van der Waals surface area contributed by atoms with E-state index in [9.17, 15) is 4.39 Å². The summed E-state index contributed by atoms with van der Waals surface area (Å²) in [7, 11) is 2.08. The summed E-state index contributed by atoms with van der Waals surface area (Å²) in [6.07, 6.45) is 4.89. The fraction of sp³-hybridized carbons (Fsp3) is 0.625. The normalized spacial score (nSPS) is 24.9. The molecule has 0 saturated heterocycles. The number of hydrogen-bond acceptors (Lipinski definition) is 2. The molecule has 1 aromatic carbocycles. The van der Waals surface area contributed by atoms with Crippen LogP contribution < -0.4 is 5.73 Å². The number of benzene rings is 1. The van der Waals surface area contributed by atoms with Crippen LogP contribution in [0.15, 0.2) is 22.7 Å². The van der Waals surface area contributed by atoms with Crippen molar-refractivity contribution < 1.29 is 4.39 Å². The third-order valence-corrected chi connectivity index (χ3v) is 5.09. The zero-order valence-corrected chi connectivity index (χ0v) is 13.9. The molecule has 0 spiro atoms. The zero-order chi connectivity index (χ0) is 14.7. The van der Waals surface area contributed by atoms with E-state index >= 15 is 0 Å². The Balaban J connectivity index is 2.14. The topological polar surface area (TPSA) is 29.3 Å². The molecular weight excluding hydrogens is 319 g/mol. The van der Waals surface area contributed by atoms with E-state index in [1.165, 1.54) is 31.7 Å². The first kappa shape index (κ1) is 15.9. The van der Waals surface area contributed by atoms with Gasteiger partial charge in [0, 0.05) is 28.7 Å². The summed E-state index contributed by atoms with van der Waals surface area (Å²) in [5.74, 6) is 0.645. The van der Waals surface area contributed by atoms with Gasteiger partial charge in [-0.05, 0) is 50.8 Å². The molecule has 0 aliphatic heterocycles. The summed E-state index contributed by atoms with van der Waals surface area (Å²) in [6.45, 7) is 2.76. The lowest BCUT2D eigenvalue weighted by atomic mass is 9.86. The molecule has 4 heteroatoms. The Labute approximate surface area is 129 Å². The first-order valence-corrected chi connectivity index (χ1v) is 8.19. The highest BCUT2D eigenvalue weighted by molar-refractivity contribution is 9.10. The SMILES string of the molecule is CC1CCC(N(C)C(CN)c2ccc(Br)cc2F)CC1. The average Bonchev–Trinajstić information content (AvgIpc) is 2.42. The highest BCUT2D eigenvalue weighted by Gasteiger charge is 2.28. The monoisotopic (exact) mass is 342 g/mol. The van der Waals surface area contributed by atoms with Crippen LogP contribution in [0.4, 0.5) is 4.39 Å². The van der Waals surface area contributed by atoms with Gasteiger partial charge >= 0.3 is 0 Å². The van der Waals surface area contributed by atoms with Crippen LogP contribution in [0, 0.1) is 11.7 Å². The maximum atomic E-state index is 14.2. The second-order valence-electron chi connectivity index (χ2n) is 6.00. The van der Waals surface area contributed by atoms with Crippen molar-refractivity contribution in [2.45, 2.75) is 44.7 Å². The van der Waals surface area contributed by atoms with Crippen LogP contribution in [0.3, 0.4) is 0 Å². The summed E-state index contributed by atoms with van der Waals surface area (Å²) in [6, 6.07) is 5.73. The Morgan fingerprint density at radius 1 is 1.35 bits per heavy atom. The average molecular weight is 343 g/mol. The summed E-state index contributed by atoms with van der Waals surface area (Å²) < 4.78 is 14.9. The summed E-state index contributed by atoms with van der Waals surface area (Å²) in [5.41, 5.74) is 6.63. The molecule has 2 nitrogen and oxygen atoms in total. The predicted molar refractivity (Wildman–Crippen MR) is 85.1 cm³/mol. The molecule has 112 valence electrons. The van der Waals surface area contributed by atoms with Crippen molar-refractivity contribution in [3.8, 4) is 0 Å². The minimum absolute atomic E-state index is 0.0403. The van der Waals surface area contributed by atoms with Gasteiger partial charge in [0.25, 0.3) is 0 Å². The summed E-state index contributed by atoms with van der Waals surface area (Å²) in [4.78, 5) is 2.28. The van der Waals surface area contributed by atoms with Crippen molar-refractivity contribution in [1.29, 1.82) is 0 Å². The van der Waals surface area contributed by atoms with Crippen molar-refractivity contribution in [1.82, 2.24) is 4.90 Å².